The molecule has 0 radical (unpaired) electrons. The molecule has 1 N–H and O–H groups in total. The summed E-state index contributed by atoms with van der Waals surface area (Å²) < 4.78 is 5.52. The molecule has 1 aliphatic heterocycles. The van der Waals surface area contributed by atoms with Gasteiger partial charge in [-0.15, -0.1) is 0 Å². The van der Waals surface area contributed by atoms with Crippen molar-refractivity contribution >= 4 is 5.97 Å². The van der Waals surface area contributed by atoms with Gasteiger partial charge in [-0.25, -0.2) is 4.79 Å². The van der Waals surface area contributed by atoms with E-state index in [1.807, 2.05) is 25.1 Å². The van der Waals surface area contributed by atoms with Crippen molar-refractivity contribution < 1.29 is 9.53 Å². The molecule has 1 unspecified atom stereocenters. The Morgan fingerprint density at radius 1 is 1.25 bits per heavy atom. The van der Waals surface area contributed by atoms with Gasteiger partial charge in [0, 0.05) is 13.1 Å². The van der Waals surface area contributed by atoms with E-state index in [4.69, 9.17) is 4.74 Å². The maximum Gasteiger partial charge on any atom is 0.338 e. The largest absolute Gasteiger partial charge is 0.459 e. The molecule has 1 aromatic rings. The van der Waals surface area contributed by atoms with Gasteiger partial charge in [-0.1, -0.05) is 32.3 Å². The molecule has 0 fully saturated rings. The number of nitrogens with one attached hydrogen (secondary N) is 1. The van der Waals surface area contributed by atoms with Crippen molar-refractivity contribution in [2.24, 2.45) is 0 Å². The van der Waals surface area contributed by atoms with Gasteiger partial charge in [0.2, 0.25) is 0 Å². The van der Waals surface area contributed by atoms with E-state index in [0.29, 0.717) is 5.56 Å². The molecule has 1 aliphatic rings. The number of ether oxygens (including phenoxy) is 1. The Morgan fingerprint density at radius 2 is 2.05 bits per heavy atom. The van der Waals surface area contributed by atoms with Crippen LogP contribution in [0, 0.1) is 0 Å². The summed E-state index contributed by atoms with van der Waals surface area (Å²) >= 11 is 0. The molecule has 2 rings (SSSR count). The van der Waals surface area contributed by atoms with Crippen LogP contribution < -0.4 is 5.32 Å². The summed E-state index contributed by atoms with van der Waals surface area (Å²) in [5.41, 5.74) is 3.18. The first-order chi connectivity index (χ1) is 9.70. The lowest BCUT2D eigenvalue weighted by Gasteiger charge is -2.13. The highest BCUT2D eigenvalue weighted by Crippen LogP contribution is 2.18. The van der Waals surface area contributed by atoms with Crippen LogP contribution in [0.4, 0.5) is 0 Å². The molecule has 0 spiro atoms. The third-order valence-electron chi connectivity index (χ3n) is 3.85. The quantitative estimate of drug-likeness (QED) is 0.607. The topological polar surface area (TPSA) is 38.3 Å². The van der Waals surface area contributed by atoms with Crippen LogP contribution in [0.1, 0.15) is 67.4 Å². The highest BCUT2D eigenvalue weighted by Gasteiger charge is 2.16. The van der Waals surface area contributed by atoms with Gasteiger partial charge in [0.15, 0.2) is 0 Å². The van der Waals surface area contributed by atoms with Crippen LogP contribution >= 0.6 is 0 Å². The van der Waals surface area contributed by atoms with E-state index in [2.05, 4.69) is 12.2 Å². The van der Waals surface area contributed by atoms with Gasteiger partial charge >= 0.3 is 5.97 Å². The number of esters is 1. The number of hydrogen-bond donors (Lipinski definition) is 1. The maximum absolute atomic E-state index is 12.1. The van der Waals surface area contributed by atoms with Crippen molar-refractivity contribution in [3.8, 4) is 0 Å². The Balaban J connectivity index is 1.82. The molecule has 20 heavy (non-hydrogen) atoms. The van der Waals surface area contributed by atoms with E-state index in [-0.39, 0.29) is 12.1 Å². The van der Waals surface area contributed by atoms with Gasteiger partial charge in [-0.05, 0) is 43.0 Å². The SMILES string of the molecule is CCCCCCC(C)OC(=O)c1ccc2c(c1)CNC2. The Morgan fingerprint density at radius 3 is 2.85 bits per heavy atom. The number of rotatable bonds is 7. The molecule has 1 aromatic carbocycles. The van der Waals surface area contributed by atoms with Gasteiger partial charge in [-0.2, -0.15) is 0 Å². The van der Waals surface area contributed by atoms with Crippen molar-refractivity contribution in [3.05, 3.63) is 34.9 Å². The summed E-state index contributed by atoms with van der Waals surface area (Å²) in [6.07, 6.45) is 5.82. The van der Waals surface area contributed by atoms with Gasteiger partial charge in [-0.3, -0.25) is 0 Å². The predicted octanol–water partition coefficient (Wildman–Crippen LogP) is 3.81. The fourth-order valence-electron chi connectivity index (χ4n) is 2.59. The second-order valence-electron chi connectivity index (χ2n) is 5.65. The van der Waals surface area contributed by atoms with Crippen molar-refractivity contribution in [3.63, 3.8) is 0 Å². The summed E-state index contributed by atoms with van der Waals surface area (Å²) in [5.74, 6) is -0.192. The molecule has 110 valence electrons. The first-order valence-corrected chi connectivity index (χ1v) is 7.74. The zero-order valence-corrected chi connectivity index (χ0v) is 12.6. The number of benzene rings is 1. The van der Waals surface area contributed by atoms with Crippen LogP contribution in [0.25, 0.3) is 0 Å². The van der Waals surface area contributed by atoms with Crippen molar-refractivity contribution in [1.29, 1.82) is 0 Å². The molecule has 0 saturated carbocycles. The first-order valence-electron chi connectivity index (χ1n) is 7.74. The Labute approximate surface area is 121 Å². The van der Waals surface area contributed by atoms with E-state index >= 15 is 0 Å². The van der Waals surface area contributed by atoms with Crippen molar-refractivity contribution in [2.45, 2.75) is 65.1 Å². The van der Waals surface area contributed by atoms with Crippen molar-refractivity contribution in [1.82, 2.24) is 5.32 Å². The van der Waals surface area contributed by atoms with Gasteiger partial charge in [0.25, 0.3) is 0 Å². The minimum Gasteiger partial charge on any atom is -0.459 e. The zero-order chi connectivity index (χ0) is 14.4. The lowest BCUT2D eigenvalue weighted by Crippen LogP contribution is -2.15. The number of unbranched alkanes of at least 4 members (excludes halogenated alkanes) is 3. The van der Waals surface area contributed by atoms with Gasteiger partial charge in [0.1, 0.15) is 0 Å². The van der Waals surface area contributed by atoms with Gasteiger partial charge < -0.3 is 10.1 Å². The minimum absolute atomic E-state index is 0.00531. The smallest absolute Gasteiger partial charge is 0.338 e. The Hall–Kier alpha value is -1.35. The summed E-state index contributed by atoms with van der Waals surface area (Å²) in [5, 5.41) is 3.28. The van der Waals surface area contributed by atoms with Gasteiger partial charge in [0.05, 0.1) is 11.7 Å². The molecule has 1 heterocycles. The van der Waals surface area contributed by atoms with Crippen LogP contribution in [0.2, 0.25) is 0 Å². The number of hydrogen-bond acceptors (Lipinski definition) is 3. The third-order valence-corrected chi connectivity index (χ3v) is 3.85. The molecule has 3 nitrogen and oxygen atoms in total. The molecular weight excluding hydrogens is 250 g/mol. The highest BCUT2D eigenvalue weighted by molar-refractivity contribution is 5.89. The summed E-state index contributed by atoms with van der Waals surface area (Å²) in [6.45, 7) is 5.94. The molecule has 0 saturated heterocycles. The second-order valence-corrected chi connectivity index (χ2v) is 5.65. The number of carbonyl (C=O) groups is 1. The van der Waals surface area contributed by atoms with Crippen LogP contribution in [0.3, 0.4) is 0 Å². The number of carbonyl (C=O) groups excluding carboxylic acids is 1. The molecule has 0 aromatic heterocycles. The molecule has 1 atom stereocenters. The molecular formula is C17H25NO2. The maximum atomic E-state index is 12.1. The molecule has 0 bridgehead atoms. The average Bonchev–Trinajstić information content (AvgIpc) is 2.90. The second kappa shape index (κ2) is 7.44. The van der Waals surface area contributed by atoms with E-state index < -0.39 is 0 Å². The predicted molar refractivity (Wildman–Crippen MR) is 80.6 cm³/mol. The van der Waals surface area contributed by atoms with Crippen LogP contribution in [-0.4, -0.2) is 12.1 Å². The summed E-state index contributed by atoms with van der Waals surface area (Å²) in [6, 6.07) is 5.86. The fraction of sp³-hybridized carbons (Fsp3) is 0.588. The summed E-state index contributed by atoms with van der Waals surface area (Å²) in [4.78, 5) is 12.1. The number of fused-ring (bicyclic) bond motifs is 1. The van der Waals surface area contributed by atoms with E-state index in [9.17, 15) is 4.79 Å². The van der Waals surface area contributed by atoms with Crippen LogP contribution in [0.5, 0.6) is 0 Å². The Bertz CT molecular complexity index is 456. The minimum atomic E-state index is -0.192. The van der Waals surface area contributed by atoms with E-state index in [0.717, 1.165) is 25.9 Å². The zero-order valence-electron chi connectivity index (χ0n) is 12.6. The fourth-order valence-corrected chi connectivity index (χ4v) is 2.59. The normalized spacial score (nSPS) is 14.9. The summed E-state index contributed by atoms with van der Waals surface area (Å²) in [7, 11) is 0. The van der Waals surface area contributed by atoms with E-state index in [1.54, 1.807) is 0 Å². The van der Waals surface area contributed by atoms with Crippen LogP contribution in [-0.2, 0) is 17.8 Å². The molecule has 0 aliphatic carbocycles. The van der Waals surface area contributed by atoms with E-state index in [1.165, 1.54) is 30.4 Å². The lowest BCUT2D eigenvalue weighted by atomic mass is 10.1. The average molecular weight is 275 g/mol. The monoisotopic (exact) mass is 275 g/mol. The standard InChI is InChI=1S/C17H25NO2/c1-3-4-5-6-7-13(2)20-17(19)14-8-9-15-11-18-12-16(15)10-14/h8-10,13,18H,3-7,11-12H2,1-2H3. The van der Waals surface area contributed by atoms with Crippen LogP contribution in [0.15, 0.2) is 18.2 Å². The first kappa shape index (κ1) is 15.0. The lowest BCUT2D eigenvalue weighted by molar-refractivity contribution is 0.0319. The highest BCUT2D eigenvalue weighted by atomic mass is 16.5. The Kier molecular flexibility index (Phi) is 5.60. The third kappa shape index (κ3) is 4.07. The van der Waals surface area contributed by atoms with Crippen molar-refractivity contribution in [2.75, 3.05) is 0 Å². The molecule has 0 amide bonds. The molecule has 3 heteroatoms.